The number of halogens is 1. The summed E-state index contributed by atoms with van der Waals surface area (Å²) in [6.45, 7) is 5.57. The van der Waals surface area contributed by atoms with E-state index in [1.807, 2.05) is 20.8 Å². The first kappa shape index (κ1) is 16.1. The Morgan fingerprint density at radius 2 is 2.13 bits per heavy atom. The van der Waals surface area contributed by atoms with Gasteiger partial charge in [0.2, 0.25) is 0 Å². The van der Waals surface area contributed by atoms with Gasteiger partial charge in [-0.2, -0.15) is 0 Å². The molecule has 0 spiro atoms. The van der Waals surface area contributed by atoms with Gasteiger partial charge in [0, 0.05) is 12.5 Å². The van der Waals surface area contributed by atoms with Crippen molar-refractivity contribution >= 4 is 28.7 Å². The molecule has 0 bridgehead atoms. The highest BCUT2D eigenvalue weighted by atomic mass is 35.5. The third-order valence-electron chi connectivity index (χ3n) is 3.98. The second-order valence-corrected chi connectivity index (χ2v) is 7.47. The van der Waals surface area contributed by atoms with Crippen molar-refractivity contribution in [2.45, 2.75) is 51.7 Å². The number of carbonyl (C=O) groups is 1. The van der Waals surface area contributed by atoms with E-state index >= 15 is 0 Å². The Balaban J connectivity index is 1.68. The third kappa shape index (κ3) is 3.42. The van der Waals surface area contributed by atoms with Crippen LogP contribution >= 0.6 is 11.6 Å². The molecule has 1 fully saturated rings. The number of nitrogens with one attached hydrogen (secondary N) is 1. The van der Waals surface area contributed by atoms with Crippen molar-refractivity contribution in [1.29, 1.82) is 0 Å². The van der Waals surface area contributed by atoms with E-state index in [0.717, 1.165) is 12.8 Å². The molecule has 124 valence electrons. The Labute approximate surface area is 138 Å². The Hall–Kier alpha value is -1.82. The number of rotatable bonds is 3. The van der Waals surface area contributed by atoms with E-state index in [0.29, 0.717) is 22.7 Å². The largest absolute Gasteiger partial charge is 0.460 e. The van der Waals surface area contributed by atoms with E-state index in [2.05, 4.69) is 9.97 Å². The molecule has 0 saturated heterocycles. The number of ether oxygens (including phenoxy) is 1. The Morgan fingerprint density at radius 3 is 2.78 bits per heavy atom. The molecular weight excluding hydrogens is 318 g/mol. The maximum Gasteiger partial charge on any atom is 0.327 e. The highest BCUT2D eigenvalue weighted by molar-refractivity contribution is 6.29. The number of hydrogen-bond acceptors (Lipinski definition) is 4. The summed E-state index contributed by atoms with van der Waals surface area (Å²) >= 11 is 5.92. The predicted molar refractivity (Wildman–Crippen MR) is 87.6 cm³/mol. The topological polar surface area (TPSA) is 77.0 Å². The van der Waals surface area contributed by atoms with Gasteiger partial charge in [0.15, 0.2) is 5.65 Å². The standard InChI is InChI=1S/C16H20ClN3O3/c1-16(2,3)23-13(21)8-9-6-10(7-9)20-14-11(18-15(20)22)4-5-12(17)19-14/h4-5,9-10H,6-8H2,1-3H3,(H,18,22). The van der Waals surface area contributed by atoms with Crippen LogP contribution in [0.4, 0.5) is 0 Å². The van der Waals surface area contributed by atoms with Crippen molar-refractivity contribution in [3.05, 3.63) is 27.8 Å². The molecule has 6 nitrogen and oxygen atoms in total. The minimum Gasteiger partial charge on any atom is -0.460 e. The summed E-state index contributed by atoms with van der Waals surface area (Å²) in [5, 5.41) is 0.356. The van der Waals surface area contributed by atoms with Crippen LogP contribution in [-0.2, 0) is 9.53 Å². The Kier molecular flexibility index (Phi) is 3.96. The molecule has 2 aromatic heterocycles. The molecule has 0 atom stereocenters. The van der Waals surface area contributed by atoms with Crippen LogP contribution in [0.25, 0.3) is 11.2 Å². The van der Waals surface area contributed by atoms with Gasteiger partial charge in [0.05, 0.1) is 5.52 Å². The van der Waals surface area contributed by atoms with Gasteiger partial charge >= 0.3 is 11.7 Å². The van der Waals surface area contributed by atoms with Crippen molar-refractivity contribution in [2.24, 2.45) is 5.92 Å². The van der Waals surface area contributed by atoms with Gasteiger partial charge in [-0.25, -0.2) is 9.78 Å². The number of fused-ring (bicyclic) bond motifs is 1. The van der Waals surface area contributed by atoms with Crippen molar-refractivity contribution < 1.29 is 9.53 Å². The number of aromatic nitrogens is 3. The SMILES string of the molecule is CC(C)(C)OC(=O)CC1CC(n2c(=O)[nH]c3ccc(Cl)nc32)C1. The minimum absolute atomic E-state index is 0.0506. The van der Waals surface area contributed by atoms with E-state index in [9.17, 15) is 9.59 Å². The average molecular weight is 338 g/mol. The number of nitrogens with zero attached hydrogens (tertiary/aromatic N) is 2. The molecule has 7 heteroatoms. The molecule has 1 aliphatic carbocycles. The number of imidazole rings is 1. The first-order valence-corrected chi connectivity index (χ1v) is 8.09. The highest BCUT2D eigenvalue weighted by Gasteiger charge is 2.35. The molecule has 2 aromatic rings. The summed E-state index contributed by atoms with van der Waals surface area (Å²) in [6, 6.07) is 3.45. The summed E-state index contributed by atoms with van der Waals surface area (Å²) in [7, 11) is 0. The molecule has 3 rings (SSSR count). The normalized spacial score (nSPS) is 21.2. The maximum atomic E-state index is 12.1. The molecule has 0 aromatic carbocycles. The van der Waals surface area contributed by atoms with E-state index in [1.165, 1.54) is 0 Å². The summed E-state index contributed by atoms with van der Waals surface area (Å²) < 4.78 is 6.98. The lowest BCUT2D eigenvalue weighted by Crippen LogP contribution is -2.35. The van der Waals surface area contributed by atoms with E-state index in [-0.39, 0.29) is 23.6 Å². The lowest BCUT2D eigenvalue weighted by Gasteiger charge is -2.35. The summed E-state index contributed by atoms with van der Waals surface area (Å²) in [5.74, 6) is 0.0549. The number of pyridine rings is 1. The molecule has 0 radical (unpaired) electrons. The fourth-order valence-electron chi connectivity index (χ4n) is 3.01. The van der Waals surface area contributed by atoms with Crippen LogP contribution in [-0.4, -0.2) is 26.1 Å². The fourth-order valence-corrected chi connectivity index (χ4v) is 3.16. The van der Waals surface area contributed by atoms with Gasteiger partial charge in [-0.3, -0.25) is 9.36 Å². The van der Waals surface area contributed by atoms with Gasteiger partial charge in [0.25, 0.3) is 0 Å². The molecule has 0 unspecified atom stereocenters. The molecule has 23 heavy (non-hydrogen) atoms. The van der Waals surface area contributed by atoms with Crippen LogP contribution in [0.1, 0.15) is 46.1 Å². The third-order valence-corrected chi connectivity index (χ3v) is 4.19. The molecule has 1 aliphatic rings. The van der Waals surface area contributed by atoms with Crippen molar-refractivity contribution in [3.63, 3.8) is 0 Å². The second-order valence-electron chi connectivity index (χ2n) is 7.09. The minimum atomic E-state index is -0.464. The van der Waals surface area contributed by atoms with Crippen LogP contribution in [0.3, 0.4) is 0 Å². The monoisotopic (exact) mass is 337 g/mol. The summed E-state index contributed by atoms with van der Waals surface area (Å²) in [5.41, 5.74) is 0.600. The van der Waals surface area contributed by atoms with Crippen LogP contribution < -0.4 is 5.69 Å². The zero-order valence-corrected chi connectivity index (χ0v) is 14.2. The second kappa shape index (κ2) is 5.67. The van der Waals surface area contributed by atoms with E-state index in [4.69, 9.17) is 16.3 Å². The molecule has 0 aliphatic heterocycles. The smallest absolute Gasteiger partial charge is 0.327 e. The summed E-state index contributed by atoms with van der Waals surface area (Å²) in [4.78, 5) is 31.0. The number of esters is 1. The van der Waals surface area contributed by atoms with Crippen LogP contribution in [0.15, 0.2) is 16.9 Å². The molecule has 1 saturated carbocycles. The van der Waals surface area contributed by atoms with Gasteiger partial charge in [-0.15, -0.1) is 0 Å². The Morgan fingerprint density at radius 1 is 1.43 bits per heavy atom. The molecule has 2 heterocycles. The number of H-pyrrole nitrogens is 1. The maximum absolute atomic E-state index is 12.1. The van der Waals surface area contributed by atoms with Crippen molar-refractivity contribution in [3.8, 4) is 0 Å². The van der Waals surface area contributed by atoms with Crippen LogP contribution in [0.2, 0.25) is 5.15 Å². The van der Waals surface area contributed by atoms with Gasteiger partial charge in [0.1, 0.15) is 10.8 Å². The number of hydrogen-bond donors (Lipinski definition) is 1. The first-order chi connectivity index (χ1) is 10.7. The fraction of sp³-hybridized carbons (Fsp3) is 0.562. The number of carbonyl (C=O) groups excluding carboxylic acids is 1. The quantitative estimate of drug-likeness (QED) is 0.689. The molecular formula is C16H20ClN3O3. The van der Waals surface area contributed by atoms with Gasteiger partial charge < -0.3 is 9.72 Å². The average Bonchev–Trinajstić information content (AvgIpc) is 2.67. The van der Waals surface area contributed by atoms with Crippen molar-refractivity contribution in [1.82, 2.24) is 14.5 Å². The van der Waals surface area contributed by atoms with Crippen LogP contribution in [0, 0.1) is 5.92 Å². The Bertz CT molecular complexity index is 797. The molecule has 0 amide bonds. The predicted octanol–water partition coefficient (Wildman–Crippen LogP) is 3.06. The lowest BCUT2D eigenvalue weighted by atomic mass is 9.78. The van der Waals surface area contributed by atoms with Crippen molar-refractivity contribution in [2.75, 3.05) is 0 Å². The lowest BCUT2D eigenvalue weighted by molar-refractivity contribution is -0.157. The summed E-state index contributed by atoms with van der Waals surface area (Å²) in [6.07, 6.45) is 1.92. The van der Waals surface area contributed by atoms with E-state index < -0.39 is 5.60 Å². The number of aromatic amines is 1. The van der Waals surface area contributed by atoms with Crippen LogP contribution in [0.5, 0.6) is 0 Å². The zero-order valence-electron chi connectivity index (χ0n) is 13.4. The van der Waals surface area contributed by atoms with Gasteiger partial charge in [-0.05, 0) is 51.7 Å². The van der Waals surface area contributed by atoms with E-state index in [1.54, 1.807) is 16.7 Å². The van der Waals surface area contributed by atoms with Gasteiger partial charge in [-0.1, -0.05) is 11.6 Å². The first-order valence-electron chi connectivity index (χ1n) is 7.71. The highest BCUT2D eigenvalue weighted by Crippen LogP contribution is 2.40. The zero-order chi connectivity index (χ0) is 16.8. The molecule has 1 N–H and O–H groups in total.